The van der Waals surface area contributed by atoms with Gasteiger partial charge in [0.1, 0.15) is 0 Å². The number of aromatic nitrogens is 3. The fourth-order valence-electron chi connectivity index (χ4n) is 3.06. The highest BCUT2D eigenvalue weighted by molar-refractivity contribution is 7.99. The number of nitrogens with zero attached hydrogens (tertiary/aromatic N) is 3. The van der Waals surface area contributed by atoms with Gasteiger partial charge < -0.3 is 4.57 Å². The van der Waals surface area contributed by atoms with Gasteiger partial charge in [-0.25, -0.2) is 13.1 Å². The van der Waals surface area contributed by atoms with Crippen LogP contribution in [0.2, 0.25) is 5.02 Å². The summed E-state index contributed by atoms with van der Waals surface area (Å²) in [5.74, 6) is 1.54. The Labute approximate surface area is 187 Å². The van der Waals surface area contributed by atoms with E-state index in [4.69, 9.17) is 11.6 Å². The van der Waals surface area contributed by atoms with Crippen LogP contribution in [0.15, 0.2) is 64.6 Å². The smallest absolute Gasteiger partial charge is 0.241 e. The minimum absolute atomic E-state index is 0.160. The number of hydrogen-bond acceptors (Lipinski definition) is 5. The average molecular weight is 465 g/mol. The third kappa shape index (κ3) is 5.63. The van der Waals surface area contributed by atoms with Gasteiger partial charge in [-0.1, -0.05) is 60.6 Å². The zero-order valence-electron chi connectivity index (χ0n) is 17.0. The predicted molar refractivity (Wildman–Crippen MR) is 121 cm³/mol. The molecule has 0 aliphatic rings. The number of sulfonamides is 1. The van der Waals surface area contributed by atoms with E-state index in [1.807, 2.05) is 41.8 Å². The standard InChI is InChI=1S/C21H25ClN4O2S2/c1-3-14-29-21-24-23-20(26(21)4-2)19(15-16-8-6-5-7-9-16)25-30(27,28)18-12-10-17(22)11-13-18/h5-13,19,25H,3-4,14-15H2,1-2H3/t19-/m1/s1. The minimum atomic E-state index is -3.77. The first kappa shape index (κ1) is 22.8. The molecule has 1 heterocycles. The van der Waals surface area contributed by atoms with Crippen LogP contribution in [0, 0.1) is 0 Å². The molecule has 0 unspecified atom stereocenters. The highest BCUT2D eigenvalue weighted by Crippen LogP contribution is 2.25. The summed E-state index contributed by atoms with van der Waals surface area (Å²) in [5.41, 5.74) is 1.01. The molecular weight excluding hydrogens is 440 g/mol. The minimum Gasteiger partial charge on any atom is -0.305 e. The first-order valence-corrected chi connectivity index (χ1v) is 12.7. The summed E-state index contributed by atoms with van der Waals surface area (Å²) < 4.78 is 31.0. The number of thioether (sulfide) groups is 1. The molecule has 0 spiro atoms. The zero-order valence-corrected chi connectivity index (χ0v) is 19.3. The number of halogens is 1. The van der Waals surface area contributed by atoms with Crippen LogP contribution in [0.25, 0.3) is 0 Å². The van der Waals surface area contributed by atoms with Gasteiger partial charge in [0.2, 0.25) is 10.0 Å². The van der Waals surface area contributed by atoms with E-state index >= 15 is 0 Å². The van der Waals surface area contributed by atoms with Crippen molar-refractivity contribution >= 4 is 33.4 Å². The highest BCUT2D eigenvalue weighted by Gasteiger charge is 2.27. The van der Waals surface area contributed by atoms with Crippen LogP contribution in [0.3, 0.4) is 0 Å². The molecule has 0 aliphatic heterocycles. The molecule has 6 nitrogen and oxygen atoms in total. The maximum Gasteiger partial charge on any atom is 0.241 e. The molecule has 0 bridgehead atoms. The second kappa shape index (κ2) is 10.4. The lowest BCUT2D eigenvalue weighted by molar-refractivity contribution is 0.517. The van der Waals surface area contributed by atoms with Gasteiger partial charge in [-0.05, 0) is 49.6 Å². The van der Waals surface area contributed by atoms with Crippen molar-refractivity contribution in [3.05, 3.63) is 71.0 Å². The van der Waals surface area contributed by atoms with Crippen molar-refractivity contribution in [2.24, 2.45) is 0 Å². The molecule has 30 heavy (non-hydrogen) atoms. The normalized spacial score (nSPS) is 12.8. The van der Waals surface area contributed by atoms with Crippen LogP contribution in [-0.4, -0.2) is 28.9 Å². The van der Waals surface area contributed by atoms with Crippen LogP contribution in [-0.2, 0) is 23.0 Å². The van der Waals surface area contributed by atoms with Gasteiger partial charge in [0.25, 0.3) is 0 Å². The summed E-state index contributed by atoms with van der Waals surface area (Å²) in [6, 6.07) is 15.3. The summed E-state index contributed by atoms with van der Waals surface area (Å²) in [6.45, 7) is 4.78. The van der Waals surface area contributed by atoms with Gasteiger partial charge in [0, 0.05) is 17.3 Å². The monoisotopic (exact) mass is 464 g/mol. The first-order chi connectivity index (χ1) is 14.4. The Morgan fingerprint density at radius 3 is 2.40 bits per heavy atom. The van der Waals surface area contributed by atoms with Crippen molar-refractivity contribution in [2.45, 2.75) is 49.3 Å². The van der Waals surface area contributed by atoms with Gasteiger partial charge in [-0.3, -0.25) is 0 Å². The molecule has 2 aromatic carbocycles. The molecular formula is C21H25ClN4O2S2. The van der Waals surface area contributed by atoms with Crippen LogP contribution in [0.5, 0.6) is 0 Å². The van der Waals surface area contributed by atoms with Gasteiger partial charge in [0.15, 0.2) is 11.0 Å². The Balaban J connectivity index is 1.97. The Morgan fingerprint density at radius 1 is 1.07 bits per heavy atom. The van der Waals surface area contributed by atoms with Crippen LogP contribution < -0.4 is 4.72 Å². The van der Waals surface area contributed by atoms with Gasteiger partial charge in [-0.15, -0.1) is 10.2 Å². The summed E-state index contributed by atoms with van der Waals surface area (Å²) in [4.78, 5) is 0.160. The SMILES string of the molecule is CCCSc1nnc([C@@H](Cc2ccccc2)NS(=O)(=O)c2ccc(Cl)cc2)n1CC. The van der Waals surface area contributed by atoms with E-state index in [2.05, 4.69) is 21.8 Å². The summed E-state index contributed by atoms with van der Waals surface area (Å²) >= 11 is 7.55. The quantitative estimate of drug-likeness (QED) is 0.439. The molecule has 0 radical (unpaired) electrons. The van der Waals surface area contributed by atoms with Gasteiger partial charge in [0.05, 0.1) is 10.9 Å². The zero-order chi connectivity index (χ0) is 21.6. The lowest BCUT2D eigenvalue weighted by Crippen LogP contribution is -2.32. The molecule has 0 fully saturated rings. The Bertz CT molecular complexity index is 1050. The topological polar surface area (TPSA) is 76.9 Å². The maximum absolute atomic E-state index is 13.1. The second-order valence-corrected chi connectivity index (χ2v) is 9.96. The van der Waals surface area contributed by atoms with Crippen molar-refractivity contribution in [3.63, 3.8) is 0 Å². The lowest BCUT2D eigenvalue weighted by atomic mass is 10.1. The van der Waals surface area contributed by atoms with Crippen molar-refractivity contribution in [1.29, 1.82) is 0 Å². The molecule has 160 valence electrons. The third-order valence-electron chi connectivity index (χ3n) is 4.51. The lowest BCUT2D eigenvalue weighted by Gasteiger charge is -2.19. The number of rotatable bonds is 10. The number of hydrogen-bond donors (Lipinski definition) is 1. The predicted octanol–water partition coefficient (Wildman–Crippen LogP) is 4.72. The second-order valence-electron chi connectivity index (χ2n) is 6.75. The van der Waals surface area contributed by atoms with E-state index in [1.165, 1.54) is 12.1 Å². The fraction of sp³-hybridized carbons (Fsp3) is 0.333. The van der Waals surface area contributed by atoms with Crippen molar-refractivity contribution in [2.75, 3.05) is 5.75 Å². The van der Waals surface area contributed by atoms with E-state index < -0.39 is 16.1 Å². The van der Waals surface area contributed by atoms with Gasteiger partial charge in [-0.2, -0.15) is 0 Å². The molecule has 0 amide bonds. The number of nitrogens with one attached hydrogen (secondary N) is 1. The molecule has 1 aromatic heterocycles. The molecule has 1 N–H and O–H groups in total. The van der Waals surface area contributed by atoms with Crippen molar-refractivity contribution in [3.8, 4) is 0 Å². The van der Waals surface area contributed by atoms with Crippen LogP contribution >= 0.6 is 23.4 Å². The van der Waals surface area contributed by atoms with E-state index in [0.717, 1.165) is 22.9 Å². The largest absolute Gasteiger partial charge is 0.305 e. The van der Waals surface area contributed by atoms with Crippen molar-refractivity contribution < 1.29 is 8.42 Å². The maximum atomic E-state index is 13.1. The molecule has 0 aliphatic carbocycles. The molecule has 3 rings (SSSR count). The summed E-state index contributed by atoms with van der Waals surface area (Å²) in [5, 5.41) is 9.99. The Kier molecular flexibility index (Phi) is 7.93. The van der Waals surface area contributed by atoms with Gasteiger partial charge >= 0.3 is 0 Å². The van der Waals surface area contributed by atoms with E-state index in [1.54, 1.807) is 23.9 Å². The molecule has 9 heteroatoms. The van der Waals surface area contributed by atoms with E-state index in [0.29, 0.717) is 23.8 Å². The highest BCUT2D eigenvalue weighted by atomic mass is 35.5. The Morgan fingerprint density at radius 2 is 1.77 bits per heavy atom. The Hall–Kier alpha value is -1.87. The molecule has 3 aromatic rings. The fourth-order valence-corrected chi connectivity index (χ4v) is 5.24. The van der Waals surface area contributed by atoms with Crippen LogP contribution in [0.4, 0.5) is 0 Å². The van der Waals surface area contributed by atoms with E-state index in [-0.39, 0.29) is 4.90 Å². The summed E-state index contributed by atoms with van der Waals surface area (Å²) in [7, 11) is -3.77. The van der Waals surface area contributed by atoms with E-state index in [9.17, 15) is 8.42 Å². The first-order valence-electron chi connectivity index (χ1n) is 9.82. The summed E-state index contributed by atoms with van der Waals surface area (Å²) in [6.07, 6.45) is 1.48. The molecule has 0 saturated carbocycles. The van der Waals surface area contributed by atoms with Crippen molar-refractivity contribution in [1.82, 2.24) is 19.5 Å². The third-order valence-corrected chi connectivity index (χ3v) is 7.42. The molecule has 0 saturated heterocycles. The average Bonchev–Trinajstić information content (AvgIpc) is 3.15. The molecule has 1 atom stereocenters. The van der Waals surface area contributed by atoms with Crippen LogP contribution in [0.1, 0.15) is 37.7 Å². The number of benzene rings is 2.